The minimum atomic E-state index is -0.323. The molecule has 0 unspecified atom stereocenters. The number of carbonyl (C=O) groups excluding carboxylic acids is 1. The molecule has 0 aliphatic heterocycles. The number of ether oxygens (including phenoxy) is 1. The summed E-state index contributed by atoms with van der Waals surface area (Å²) in [5, 5.41) is 7.00. The van der Waals surface area contributed by atoms with Gasteiger partial charge in [-0.25, -0.2) is 4.79 Å². The summed E-state index contributed by atoms with van der Waals surface area (Å²) >= 11 is 0. The van der Waals surface area contributed by atoms with E-state index in [1.165, 1.54) is 7.11 Å². The van der Waals surface area contributed by atoms with Crippen molar-refractivity contribution in [3.63, 3.8) is 0 Å². The Labute approximate surface area is 89.7 Å². The second kappa shape index (κ2) is 6.98. The third kappa shape index (κ3) is 4.10. The van der Waals surface area contributed by atoms with Gasteiger partial charge in [-0.3, -0.25) is 0 Å². The standard InChI is InChI=1S/C10H13NO2.CH4O/c1-7(11)8-3-5-9(6-4-8)10(12)13-2;1-2/h3-7H,11H2,1-2H3;2H,1H3/t7-;/m0./s1. The van der Waals surface area contributed by atoms with E-state index < -0.39 is 0 Å². The van der Waals surface area contributed by atoms with Crippen LogP contribution in [0.4, 0.5) is 0 Å². The molecule has 0 spiro atoms. The highest BCUT2D eigenvalue weighted by atomic mass is 16.5. The molecule has 15 heavy (non-hydrogen) atoms. The number of hydrogen-bond acceptors (Lipinski definition) is 4. The number of rotatable bonds is 2. The van der Waals surface area contributed by atoms with Crippen LogP contribution in [-0.2, 0) is 4.74 Å². The summed E-state index contributed by atoms with van der Waals surface area (Å²) < 4.78 is 4.57. The molecule has 0 aliphatic rings. The van der Waals surface area contributed by atoms with Gasteiger partial charge in [0.25, 0.3) is 0 Å². The predicted molar refractivity (Wildman–Crippen MR) is 58.5 cm³/mol. The van der Waals surface area contributed by atoms with Gasteiger partial charge in [-0.05, 0) is 24.6 Å². The van der Waals surface area contributed by atoms with E-state index in [0.717, 1.165) is 12.7 Å². The molecule has 0 amide bonds. The lowest BCUT2D eigenvalue weighted by molar-refractivity contribution is 0.0600. The van der Waals surface area contributed by atoms with E-state index in [-0.39, 0.29) is 12.0 Å². The first-order valence-electron chi connectivity index (χ1n) is 4.53. The number of methoxy groups -OCH3 is 1. The largest absolute Gasteiger partial charge is 0.465 e. The lowest BCUT2D eigenvalue weighted by Gasteiger charge is -2.05. The average Bonchev–Trinajstić information content (AvgIpc) is 2.31. The fraction of sp³-hybridized carbons (Fsp3) is 0.364. The number of nitrogens with two attached hydrogens (primary N) is 1. The maximum atomic E-state index is 11.0. The molecule has 0 radical (unpaired) electrons. The summed E-state index contributed by atoms with van der Waals surface area (Å²) in [5.41, 5.74) is 7.21. The molecule has 0 saturated carbocycles. The summed E-state index contributed by atoms with van der Waals surface area (Å²) in [6.07, 6.45) is 0. The van der Waals surface area contributed by atoms with Gasteiger partial charge in [-0.1, -0.05) is 12.1 Å². The normalized spacial score (nSPS) is 11.0. The predicted octanol–water partition coefficient (Wildman–Crippen LogP) is 1.10. The average molecular weight is 211 g/mol. The Morgan fingerprint density at radius 2 is 1.80 bits per heavy atom. The van der Waals surface area contributed by atoms with E-state index in [1.807, 2.05) is 19.1 Å². The number of esters is 1. The van der Waals surface area contributed by atoms with Crippen molar-refractivity contribution in [3.05, 3.63) is 35.4 Å². The van der Waals surface area contributed by atoms with Crippen LogP contribution in [0.5, 0.6) is 0 Å². The highest BCUT2D eigenvalue weighted by Crippen LogP contribution is 2.11. The summed E-state index contributed by atoms with van der Waals surface area (Å²) in [4.78, 5) is 11.0. The van der Waals surface area contributed by atoms with Crippen LogP contribution in [0, 0.1) is 0 Å². The monoisotopic (exact) mass is 211 g/mol. The van der Waals surface area contributed by atoms with Gasteiger partial charge in [-0.15, -0.1) is 0 Å². The van der Waals surface area contributed by atoms with Crippen LogP contribution in [0.1, 0.15) is 28.9 Å². The Balaban J connectivity index is 0.000000921. The maximum Gasteiger partial charge on any atom is 0.337 e. The van der Waals surface area contributed by atoms with Gasteiger partial charge in [-0.2, -0.15) is 0 Å². The minimum absolute atomic E-state index is 0.00769. The topological polar surface area (TPSA) is 72.5 Å². The van der Waals surface area contributed by atoms with Crippen LogP contribution in [-0.4, -0.2) is 25.3 Å². The van der Waals surface area contributed by atoms with Crippen molar-refractivity contribution < 1.29 is 14.6 Å². The number of hydrogen-bond donors (Lipinski definition) is 2. The van der Waals surface area contributed by atoms with Gasteiger partial charge < -0.3 is 15.6 Å². The van der Waals surface area contributed by atoms with Gasteiger partial charge >= 0.3 is 5.97 Å². The molecule has 1 aromatic rings. The zero-order valence-corrected chi connectivity index (χ0v) is 9.23. The molecule has 0 bridgehead atoms. The number of carbonyl (C=O) groups is 1. The molecule has 0 saturated heterocycles. The van der Waals surface area contributed by atoms with E-state index >= 15 is 0 Å². The summed E-state index contributed by atoms with van der Waals surface area (Å²) in [6.45, 7) is 1.90. The third-order valence-corrected chi connectivity index (χ3v) is 1.86. The van der Waals surface area contributed by atoms with Crippen LogP contribution in [0.2, 0.25) is 0 Å². The Morgan fingerprint density at radius 1 is 1.33 bits per heavy atom. The summed E-state index contributed by atoms with van der Waals surface area (Å²) in [7, 11) is 2.36. The first-order chi connectivity index (χ1) is 7.15. The molecule has 4 heteroatoms. The number of benzene rings is 1. The zero-order chi connectivity index (χ0) is 11.8. The molecule has 0 aliphatic carbocycles. The summed E-state index contributed by atoms with van der Waals surface area (Å²) in [6, 6.07) is 7.08. The van der Waals surface area contributed by atoms with Crippen molar-refractivity contribution in [1.29, 1.82) is 0 Å². The van der Waals surface area contributed by atoms with Crippen LogP contribution in [0.25, 0.3) is 0 Å². The fourth-order valence-corrected chi connectivity index (χ4v) is 1.04. The maximum absolute atomic E-state index is 11.0. The van der Waals surface area contributed by atoms with Gasteiger partial charge in [0.15, 0.2) is 0 Å². The Morgan fingerprint density at radius 3 is 2.13 bits per heavy atom. The van der Waals surface area contributed by atoms with Crippen molar-refractivity contribution in [2.75, 3.05) is 14.2 Å². The van der Waals surface area contributed by atoms with Gasteiger partial charge in [0.1, 0.15) is 0 Å². The first kappa shape index (κ1) is 13.6. The molecule has 0 aromatic heterocycles. The molecule has 3 N–H and O–H groups in total. The Kier molecular flexibility index (Phi) is 6.33. The van der Waals surface area contributed by atoms with Crippen molar-refractivity contribution in [2.24, 2.45) is 5.73 Å². The Bertz CT molecular complexity index is 293. The minimum Gasteiger partial charge on any atom is -0.465 e. The van der Waals surface area contributed by atoms with Crippen molar-refractivity contribution in [3.8, 4) is 0 Å². The molecular formula is C11H17NO3. The van der Waals surface area contributed by atoms with Crippen molar-refractivity contribution in [1.82, 2.24) is 0 Å². The third-order valence-electron chi connectivity index (χ3n) is 1.86. The lowest BCUT2D eigenvalue weighted by atomic mass is 10.1. The van der Waals surface area contributed by atoms with Crippen molar-refractivity contribution in [2.45, 2.75) is 13.0 Å². The summed E-state index contributed by atoms with van der Waals surface area (Å²) in [5.74, 6) is -0.323. The second-order valence-corrected chi connectivity index (χ2v) is 2.90. The molecule has 0 fully saturated rings. The highest BCUT2D eigenvalue weighted by molar-refractivity contribution is 5.89. The van der Waals surface area contributed by atoms with Crippen LogP contribution in [0.15, 0.2) is 24.3 Å². The van der Waals surface area contributed by atoms with Crippen LogP contribution < -0.4 is 5.73 Å². The van der Waals surface area contributed by atoms with Crippen LogP contribution in [0.3, 0.4) is 0 Å². The Hall–Kier alpha value is -1.39. The van der Waals surface area contributed by atoms with Gasteiger partial charge in [0.2, 0.25) is 0 Å². The van der Waals surface area contributed by atoms with Gasteiger partial charge in [0.05, 0.1) is 12.7 Å². The highest BCUT2D eigenvalue weighted by Gasteiger charge is 2.05. The number of aliphatic hydroxyl groups is 1. The molecular weight excluding hydrogens is 194 g/mol. The second-order valence-electron chi connectivity index (χ2n) is 2.90. The smallest absolute Gasteiger partial charge is 0.337 e. The van der Waals surface area contributed by atoms with Crippen molar-refractivity contribution >= 4 is 5.97 Å². The quantitative estimate of drug-likeness (QED) is 0.718. The lowest BCUT2D eigenvalue weighted by Crippen LogP contribution is -2.06. The molecule has 4 nitrogen and oxygen atoms in total. The molecule has 0 heterocycles. The fourth-order valence-electron chi connectivity index (χ4n) is 1.04. The van der Waals surface area contributed by atoms with E-state index in [9.17, 15) is 4.79 Å². The van der Waals surface area contributed by atoms with E-state index in [0.29, 0.717) is 5.56 Å². The zero-order valence-electron chi connectivity index (χ0n) is 9.23. The number of aliphatic hydroxyl groups excluding tert-OH is 1. The first-order valence-corrected chi connectivity index (χ1v) is 4.53. The van der Waals surface area contributed by atoms with Crippen LogP contribution >= 0.6 is 0 Å². The van der Waals surface area contributed by atoms with Gasteiger partial charge in [0, 0.05) is 13.2 Å². The SMILES string of the molecule is CO.COC(=O)c1ccc([C@H](C)N)cc1. The molecule has 1 aromatic carbocycles. The van der Waals surface area contributed by atoms with E-state index in [4.69, 9.17) is 10.8 Å². The molecule has 1 atom stereocenters. The van der Waals surface area contributed by atoms with E-state index in [1.54, 1.807) is 12.1 Å². The van der Waals surface area contributed by atoms with E-state index in [2.05, 4.69) is 4.74 Å². The molecule has 1 rings (SSSR count). The molecule has 84 valence electrons.